The van der Waals surface area contributed by atoms with Gasteiger partial charge in [-0.05, 0) is 30.2 Å². The summed E-state index contributed by atoms with van der Waals surface area (Å²) in [7, 11) is 1.41. The topological polar surface area (TPSA) is 84.2 Å². The van der Waals surface area contributed by atoms with Gasteiger partial charge in [0.15, 0.2) is 0 Å². The zero-order valence-electron chi connectivity index (χ0n) is 9.99. The molecule has 0 saturated heterocycles. The molecule has 17 heavy (non-hydrogen) atoms. The van der Waals surface area contributed by atoms with Gasteiger partial charge >= 0.3 is 11.8 Å². The lowest BCUT2D eigenvalue weighted by molar-refractivity contribution is -0.135. The van der Waals surface area contributed by atoms with Crippen molar-refractivity contribution in [1.82, 2.24) is 5.32 Å². The lowest BCUT2D eigenvalue weighted by Gasteiger charge is -2.10. The first kappa shape index (κ1) is 13.2. The fourth-order valence-electron chi connectivity index (χ4n) is 1.33. The standard InChI is InChI=1S/C12H17N3O2/c1-8(7-13)9-3-5-10(6-4-9)15-12(17)11(16)14-2/h3-6,8H,7,13H2,1-2H3,(H,14,16)(H,15,17). The van der Waals surface area contributed by atoms with Gasteiger partial charge in [0.25, 0.3) is 0 Å². The monoisotopic (exact) mass is 235 g/mol. The van der Waals surface area contributed by atoms with Crippen molar-refractivity contribution in [3.8, 4) is 0 Å². The number of benzene rings is 1. The Balaban J connectivity index is 2.69. The zero-order chi connectivity index (χ0) is 12.8. The molecule has 1 aromatic carbocycles. The van der Waals surface area contributed by atoms with Crippen LogP contribution in [0.1, 0.15) is 18.4 Å². The number of hydrogen-bond acceptors (Lipinski definition) is 3. The Bertz CT molecular complexity index is 401. The Labute approximate surface area is 100 Å². The molecule has 0 fully saturated rings. The number of nitrogens with two attached hydrogens (primary N) is 1. The summed E-state index contributed by atoms with van der Waals surface area (Å²) in [6.07, 6.45) is 0. The Morgan fingerprint density at radius 2 is 1.82 bits per heavy atom. The van der Waals surface area contributed by atoms with Gasteiger partial charge < -0.3 is 16.4 Å². The van der Waals surface area contributed by atoms with Crippen LogP contribution in [-0.2, 0) is 9.59 Å². The number of anilines is 1. The molecule has 0 saturated carbocycles. The molecule has 0 heterocycles. The largest absolute Gasteiger partial charge is 0.351 e. The van der Waals surface area contributed by atoms with Crippen LogP contribution in [0.5, 0.6) is 0 Å². The number of amides is 2. The fraction of sp³-hybridized carbons (Fsp3) is 0.333. The lowest BCUT2D eigenvalue weighted by atomic mass is 10.0. The molecule has 4 N–H and O–H groups in total. The van der Waals surface area contributed by atoms with E-state index in [2.05, 4.69) is 10.6 Å². The third-order valence-corrected chi connectivity index (χ3v) is 2.52. The Morgan fingerprint density at radius 1 is 1.24 bits per heavy atom. The highest BCUT2D eigenvalue weighted by atomic mass is 16.2. The molecular weight excluding hydrogens is 218 g/mol. The molecule has 5 heteroatoms. The van der Waals surface area contributed by atoms with E-state index in [4.69, 9.17) is 5.73 Å². The summed E-state index contributed by atoms with van der Waals surface area (Å²) in [4.78, 5) is 22.3. The Morgan fingerprint density at radius 3 is 2.29 bits per heavy atom. The highest BCUT2D eigenvalue weighted by Crippen LogP contribution is 2.16. The molecule has 0 aliphatic carbocycles. The van der Waals surface area contributed by atoms with Gasteiger partial charge in [0.2, 0.25) is 0 Å². The van der Waals surface area contributed by atoms with E-state index in [1.165, 1.54) is 7.05 Å². The number of nitrogens with one attached hydrogen (secondary N) is 2. The summed E-state index contributed by atoms with van der Waals surface area (Å²) in [6, 6.07) is 7.28. The second kappa shape index (κ2) is 6.00. The molecule has 0 radical (unpaired) electrons. The molecule has 0 spiro atoms. The second-order valence-electron chi connectivity index (χ2n) is 3.79. The van der Waals surface area contributed by atoms with E-state index in [1.54, 1.807) is 12.1 Å². The van der Waals surface area contributed by atoms with Crippen molar-refractivity contribution in [2.24, 2.45) is 5.73 Å². The minimum Gasteiger partial charge on any atom is -0.351 e. The summed E-state index contributed by atoms with van der Waals surface area (Å²) in [5, 5.41) is 4.75. The first-order chi connectivity index (χ1) is 8.08. The number of hydrogen-bond donors (Lipinski definition) is 3. The van der Waals surface area contributed by atoms with Crippen molar-refractivity contribution in [1.29, 1.82) is 0 Å². The zero-order valence-corrected chi connectivity index (χ0v) is 9.99. The first-order valence-electron chi connectivity index (χ1n) is 5.41. The molecule has 92 valence electrons. The maximum absolute atomic E-state index is 11.3. The number of likely N-dealkylation sites (N-methyl/N-ethyl adjacent to an activating group) is 1. The van der Waals surface area contributed by atoms with Gasteiger partial charge in [0.05, 0.1) is 0 Å². The van der Waals surface area contributed by atoms with Crippen LogP contribution in [0.4, 0.5) is 5.69 Å². The van der Waals surface area contributed by atoms with Crippen LogP contribution in [0, 0.1) is 0 Å². The molecule has 5 nitrogen and oxygen atoms in total. The highest BCUT2D eigenvalue weighted by Gasteiger charge is 2.11. The van der Waals surface area contributed by atoms with Gasteiger partial charge in [0, 0.05) is 12.7 Å². The first-order valence-corrected chi connectivity index (χ1v) is 5.41. The van der Waals surface area contributed by atoms with Gasteiger partial charge in [-0.15, -0.1) is 0 Å². The summed E-state index contributed by atoms with van der Waals surface area (Å²) in [5.74, 6) is -1.06. The molecule has 2 amide bonds. The molecular formula is C12H17N3O2. The Hall–Kier alpha value is -1.88. The van der Waals surface area contributed by atoms with Crippen LogP contribution >= 0.6 is 0 Å². The molecule has 0 aromatic heterocycles. The molecule has 1 unspecified atom stereocenters. The average Bonchev–Trinajstić information content (AvgIpc) is 2.37. The van der Waals surface area contributed by atoms with E-state index in [9.17, 15) is 9.59 Å². The molecule has 0 aliphatic rings. The quantitative estimate of drug-likeness (QED) is 0.664. The van der Waals surface area contributed by atoms with Crippen LogP contribution in [0.25, 0.3) is 0 Å². The van der Waals surface area contributed by atoms with Crippen molar-refractivity contribution in [2.45, 2.75) is 12.8 Å². The van der Waals surface area contributed by atoms with Gasteiger partial charge in [0.1, 0.15) is 0 Å². The van der Waals surface area contributed by atoms with Crippen LogP contribution in [-0.4, -0.2) is 25.4 Å². The predicted molar refractivity (Wildman–Crippen MR) is 66.6 cm³/mol. The third-order valence-electron chi connectivity index (χ3n) is 2.52. The lowest BCUT2D eigenvalue weighted by Crippen LogP contribution is -2.32. The van der Waals surface area contributed by atoms with E-state index < -0.39 is 11.8 Å². The molecule has 1 aromatic rings. The van der Waals surface area contributed by atoms with E-state index >= 15 is 0 Å². The van der Waals surface area contributed by atoms with Crippen molar-refractivity contribution in [2.75, 3.05) is 18.9 Å². The fourth-order valence-corrected chi connectivity index (χ4v) is 1.33. The highest BCUT2D eigenvalue weighted by molar-refractivity contribution is 6.39. The van der Waals surface area contributed by atoms with E-state index in [0.29, 0.717) is 12.2 Å². The van der Waals surface area contributed by atoms with Gasteiger partial charge in [-0.25, -0.2) is 0 Å². The van der Waals surface area contributed by atoms with E-state index in [0.717, 1.165) is 5.56 Å². The van der Waals surface area contributed by atoms with E-state index in [1.807, 2.05) is 19.1 Å². The second-order valence-corrected chi connectivity index (χ2v) is 3.79. The van der Waals surface area contributed by atoms with Crippen molar-refractivity contribution in [3.05, 3.63) is 29.8 Å². The molecule has 1 rings (SSSR count). The average molecular weight is 235 g/mol. The van der Waals surface area contributed by atoms with Crippen LogP contribution in [0.15, 0.2) is 24.3 Å². The predicted octanol–water partition coefficient (Wildman–Crippen LogP) is 0.433. The molecule has 0 aliphatic heterocycles. The SMILES string of the molecule is CNC(=O)C(=O)Nc1ccc(C(C)CN)cc1. The summed E-state index contributed by atoms with van der Waals surface area (Å²) >= 11 is 0. The van der Waals surface area contributed by atoms with Crippen LogP contribution < -0.4 is 16.4 Å². The van der Waals surface area contributed by atoms with Crippen molar-refractivity contribution < 1.29 is 9.59 Å². The van der Waals surface area contributed by atoms with Crippen LogP contribution in [0.2, 0.25) is 0 Å². The van der Waals surface area contributed by atoms with Crippen molar-refractivity contribution >= 4 is 17.5 Å². The summed E-state index contributed by atoms with van der Waals surface area (Å²) < 4.78 is 0. The minimum absolute atomic E-state index is 0.277. The third kappa shape index (κ3) is 3.57. The Kier molecular flexibility index (Phi) is 4.66. The summed E-state index contributed by atoms with van der Waals surface area (Å²) in [5.41, 5.74) is 7.25. The molecule has 1 atom stereocenters. The van der Waals surface area contributed by atoms with Crippen molar-refractivity contribution in [3.63, 3.8) is 0 Å². The van der Waals surface area contributed by atoms with E-state index in [-0.39, 0.29) is 5.92 Å². The number of carbonyl (C=O) groups is 2. The maximum atomic E-state index is 11.3. The van der Waals surface area contributed by atoms with Crippen LogP contribution in [0.3, 0.4) is 0 Å². The molecule has 0 bridgehead atoms. The smallest absolute Gasteiger partial charge is 0.313 e. The maximum Gasteiger partial charge on any atom is 0.313 e. The van der Waals surface area contributed by atoms with Gasteiger partial charge in [-0.2, -0.15) is 0 Å². The van der Waals surface area contributed by atoms with Gasteiger partial charge in [-0.3, -0.25) is 9.59 Å². The summed E-state index contributed by atoms with van der Waals surface area (Å²) in [6.45, 7) is 2.60. The number of rotatable bonds is 3. The minimum atomic E-state index is -0.674. The van der Waals surface area contributed by atoms with Gasteiger partial charge in [-0.1, -0.05) is 19.1 Å². The normalized spacial score (nSPS) is 11.7. The number of carbonyl (C=O) groups excluding carboxylic acids is 2.